The summed E-state index contributed by atoms with van der Waals surface area (Å²) in [6.45, 7) is -2.58. The number of benzene rings is 3. The zero-order valence-corrected chi connectivity index (χ0v) is 23.9. The Kier molecular flexibility index (Phi) is 5.39. The molecule has 0 N–H and O–H groups in total. The Balaban J connectivity index is 0.00000325. The molecule has 5 heterocycles. The third kappa shape index (κ3) is 3.93. The SMILES string of the molecule is [2H]C([2H])([2H])c1nc2cc3c([c-]c2n1-c1cccc(-n2[c-]nc4ccccc42)n1)n(-c1ccccn1)c(=O)n3-c1ccccc1.[Pt+2]. The number of nitrogens with zero attached hydrogens (tertiary/aromatic N) is 8. The number of para-hydroxylation sites is 3. The Morgan fingerprint density at radius 2 is 1.50 bits per heavy atom. The fourth-order valence-electron chi connectivity index (χ4n) is 5.16. The van der Waals surface area contributed by atoms with E-state index in [-0.39, 0.29) is 32.6 Å². The molecule has 0 aliphatic carbocycles. The van der Waals surface area contributed by atoms with E-state index in [1.807, 2.05) is 54.6 Å². The van der Waals surface area contributed by atoms with E-state index >= 15 is 0 Å². The Bertz CT molecular complexity index is 2410. The third-order valence-electron chi connectivity index (χ3n) is 6.97. The average molecular weight is 731 g/mol. The molecule has 0 saturated heterocycles. The Morgan fingerprint density at radius 3 is 2.33 bits per heavy atom. The van der Waals surface area contributed by atoms with Gasteiger partial charge in [0, 0.05) is 22.3 Å². The van der Waals surface area contributed by atoms with Gasteiger partial charge in [0.05, 0.1) is 11.6 Å². The Hall–Kier alpha value is -5.14. The van der Waals surface area contributed by atoms with Crippen molar-refractivity contribution in [3.05, 3.63) is 132 Å². The first kappa shape index (κ1) is 22.5. The van der Waals surface area contributed by atoms with Gasteiger partial charge in [-0.15, -0.1) is 12.1 Å². The minimum absolute atomic E-state index is 0. The molecule has 0 aliphatic heterocycles. The predicted molar refractivity (Wildman–Crippen MR) is 156 cm³/mol. The van der Waals surface area contributed by atoms with Crippen LogP contribution in [0.5, 0.6) is 0 Å². The summed E-state index contributed by atoms with van der Waals surface area (Å²) < 4.78 is 31.2. The summed E-state index contributed by atoms with van der Waals surface area (Å²) in [6, 6.07) is 32.4. The topological polar surface area (TPSA) is 88.3 Å². The van der Waals surface area contributed by atoms with Gasteiger partial charge in [-0.1, -0.05) is 66.2 Å². The van der Waals surface area contributed by atoms with Gasteiger partial charge in [-0.25, -0.2) is 9.78 Å². The van der Waals surface area contributed by atoms with Gasteiger partial charge in [-0.3, -0.25) is 14.5 Å². The van der Waals surface area contributed by atoms with Crippen LogP contribution in [-0.2, 0) is 21.1 Å². The largest absolute Gasteiger partial charge is 2.00 e. The quantitative estimate of drug-likeness (QED) is 0.234. The molecule has 0 fully saturated rings. The molecule has 0 spiro atoms. The van der Waals surface area contributed by atoms with E-state index in [1.165, 1.54) is 9.13 Å². The molecular formula is C32H20N8OPt. The standard InChI is InChI=1S/C32H20N8O.Pt/c1-21-35-24-18-27-28(40(29-14-7-8-17-33-29)32(41)39(27)22-10-3-2-4-11-22)19-26(24)38(21)31-16-9-15-30(36-31)37-20-34-23-12-5-6-13-25(23)37;/h2-18H,1H3;/q-2;+2/i1D3;. The smallest absolute Gasteiger partial charge is 0.411 e. The van der Waals surface area contributed by atoms with Crippen molar-refractivity contribution in [1.29, 1.82) is 0 Å². The predicted octanol–water partition coefficient (Wildman–Crippen LogP) is 5.16. The van der Waals surface area contributed by atoms with Crippen LogP contribution in [0.2, 0.25) is 0 Å². The fraction of sp³-hybridized carbons (Fsp3) is 0.0312. The molecule has 0 bridgehead atoms. The molecular weight excluding hydrogens is 707 g/mol. The summed E-state index contributed by atoms with van der Waals surface area (Å²) in [4.78, 5) is 32.1. The summed E-state index contributed by atoms with van der Waals surface area (Å²) in [5.74, 6) is 1.03. The molecule has 3 aromatic carbocycles. The number of hydrogen-bond donors (Lipinski definition) is 0. The molecule has 0 amide bonds. The van der Waals surface area contributed by atoms with E-state index < -0.39 is 6.85 Å². The van der Waals surface area contributed by atoms with Crippen molar-refractivity contribution >= 4 is 33.1 Å². The molecule has 0 atom stereocenters. The van der Waals surface area contributed by atoms with Crippen LogP contribution in [0.25, 0.3) is 56.2 Å². The van der Waals surface area contributed by atoms with Crippen LogP contribution in [0.15, 0.2) is 108 Å². The van der Waals surface area contributed by atoms with Crippen LogP contribution in [0.1, 0.15) is 9.94 Å². The van der Waals surface area contributed by atoms with E-state index in [0.717, 1.165) is 11.0 Å². The number of fused-ring (bicyclic) bond motifs is 3. The normalized spacial score (nSPS) is 12.7. The second-order valence-electron chi connectivity index (χ2n) is 9.37. The summed E-state index contributed by atoms with van der Waals surface area (Å²) in [5, 5.41) is 0. The summed E-state index contributed by atoms with van der Waals surface area (Å²) in [6.07, 6.45) is 4.58. The van der Waals surface area contributed by atoms with Crippen molar-refractivity contribution in [3.8, 4) is 23.1 Å². The minimum atomic E-state index is -2.58. The zero-order valence-electron chi connectivity index (χ0n) is 24.6. The number of aromatic nitrogens is 8. The van der Waals surface area contributed by atoms with Gasteiger partial charge in [0.15, 0.2) is 0 Å². The second-order valence-corrected chi connectivity index (χ2v) is 9.37. The first-order chi connectivity index (χ1) is 21.4. The molecule has 42 heavy (non-hydrogen) atoms. The number of imidazole rings is 3. The van der Waals surface area contributed by atoms with Gasteiger partial charge >= 0.3 is 26.8 Å². The first-order valence-electron chi connectivity index (χ1n) is 14.3. The van der Waals surface area contributed by atoms with Gasteiger partial charge in [-0.05, 0) is 64.8 Å². The maximum atomic E-state index is 14.0. The summed E-state index contributed by atoms with van der Waals surface area (Å²) in [7, 11) is 0. The van der Waals surface area contributed by atoms with Gasteiger partial charge < -0.3 is 18.7 Å². The molecule has 5 aromatic heterocycles. The van der Waals surface area contributed by atoms with Gasteiger partial charge in [0.2, 0.25) is 0 Å². The van der Waals surface area contributed by atoms with E-state index in [2.05, 4.69) is 27.3 Å². The van der Waals surface area contributed by atoms with Gasteiger partial charge in [-0.2, -0.15) is 0 Å². The maximum Gasteiger partial charge on any atom is 2.00 e. The molecule has 9 nitrogen and oxygen atoms in total. The van der Waals surface area contributed by atoms with Crippen LogP contribution >= 0.6 is 0 Å². The minimum Gasteiger partial charge on any atom is -0.411 e. The number of hydrogen-bond acceptors (Lipinski definition) is 5. The fourth-order valence-corrected chi connectivity index (χ4v) is 5.16. The van der Waals surface area contributed by atoms with Crippen LogP contribution in [0.3, 0.4) is 0 Å². The van der Waals surface area contributed by atoms with Gasteiger partial charge in [0.1, 0.15) is 11.6 Å². The zero-order chi connectivity index (χ0) is 30.0. The Labute approximate surface area is 257 Å². The van der Waals surface area contributed by atoms with E-state index in [0.29, 0.717) is 45.2 Å². The van der Waals surface area contributed by atoms with Crippen LogP contribution in [0.4, 0.5) is 0 Å². The molecule has 0 aliphatic rings. The van der Waals surface area contributed by atoms with Crippen LogP contribution < -0.4 is 5.69 Å². The molecule has 204 valence electrons. The molecule has 8 rings (SSSR count). The van der Waals surface area contributed by atoms with Crippen LogP contribution in [-0.4, -0.2) is 38.2 Å². The van der Waals surface area contributed by atoms with Crippen molar-refractivity contribution in [2.24, 2.45) is 0 Å². The van der Waals surface area contributed by atoms with Crippen molar-refractivity contribution in [2.45, 2.75) is 6.85 Å². The van der Waals surface area contributed by atoms with Gasteiger partial charge in [0.25, 0.3) is 0 Å². The monoisotopic (exact) mass is 730 g/mol. The number of rotatable bonds is 4. The third-order valence-corrected chi connectivity index (χ3v) is 6.97. The van der Waals surface area contributed by atoms with Crippen molar-refractivity contribution in [2.75, 3.05) is 0 Å². The van der Waals surface area contributed by atoms with E-state index in [9.17, 15) is 4.79 Å². The first-order valence-corrected chi connectivity index (χ1v) is 12.8. The van der Waals surface area contributed by atoms with E-state index in [4.69, 9.17) is 9.10 Å². The Morgan fingerprint density at radius 1 is 0.714 bits per heavy atom. The molecule has 0 unspecified atom stereocenters. The number of aryl methyl sites for hydroxylation is 1. The second kappa shape index (κ2) is 10.0. The maximum absolute atomic E-state index is 14.0. The molecule has 8 aromatic rings. The summed E-state index contributed by atoms with van der Waals surface area (Å²) >= 11 is 0. The average Bonchev–Trinajstić information content (AvgIpc) is 3.72. The number of pyridine rings is 2. The molecule has 0 saturated carbocycles. The summed E-state index contributed by atoms with van der Waals surface area (Å²) in [5.41, 5.74) is 3.45. The van der Waals surface area contributed by atoms with Crippen LogP contribution in [0, 0.1) is 19.2 Å². The van der Waals surface area contributed by atoms with Crippen molar-refractivity contribution < 1.29 is 25.2 Å². The van der Waals surface area contributed by atoms with Crippen molar-refractivity contribution in [3.63, 3.8) is 0 Å². The molecule has 0 radical (unpaired) electrons. The van der Waals surface area contributed by atoms with E-state index in [1.54, 1.807) is 57.8 Å². The molecule has 10 heteroatoms. The van der Waals surface area contributed by atoms with Crippen molar-refractivity contribution in [1.82, 2.24) is 38.2 Å².